The molecule has 4 aromatic rings. The molecule has 3 aromatic carbocycles. The van der Waals surface area contributed by atoms with E-state index in [2.05, 4.69) is 10.3 Å². The molecule has 0 N–H and O–H groups in total. The van der Waals surface area contributed by atoms with E-state index in [1.807, 2.05) is 0 Å². The van der Waals surface area contributed by atoms with Gasteiger partial charge in [0, 0.05) is 0 Å². The van der Waals surface area contributed by atoms with Crippen molar-refractivity contribution in [2.75, 3.05) is 13.7 Å². The third-order valence-electron chi connectivity index (χ3n) is 6.39. The summed E-state index contributed by atoms with van der Waals surface area (Å²) in [5, 5.41) is 7.73. The maximum absolute atomic E-state index is 13.2. The van der Waals surface area contributed by atoms with Crippen LogP contribution in [0.1, 0.15) is 47.8 Å². The average Bonchev–Trinajstić information content (AvgIpc) is 3.65. The molecular weight excluding hydrogens is 546 g/mol. The molecule has 1 aromatic heterocycles. The molecule has 0 unspecified atom stereocenters. The standard InChI is InChI=1S/C30H25N3O9/c1-38-30(37)22-17-31-32-33(22)26-25(42-29(36)21-15-9-4-10-16-21)24(41-28(35)20-13-7-3-8-14-20)23(40-26)18-39-27(34)19-11-5-2-6-12-19/h2-17,23-26H,18H2,1H3/t23-,24-,25-,26-/m1/s1. The maximum Gasteiger partial charge on any atom is 0.358 e. The van der Waals surface area contributed by atoms with Crippen LogP contribution in [0.2, 0.25) is 0 Å². The molecule has 1 fully saturated rings. The second-order valence-corrected chi connectivity index (χ2v) is 9.06. The Bertz CT molecular complexity index is 1540. The van der Waals surface area contributed by atoms with Crippen molar-refractivity contribution in [2.24, 2.45) is 0 Å². The Balaban J connectivity index is 1.50. The van der Waals surface area contributed by atoms with Crippen molar-refractivity contribution in [3.8, 4) is 0 Å². The van der Waals surface area contributed by atoms with Crippen molar-refractivity contribution in [2.45, 2.75) is 24.5 Å². The molecule has 0 aliphatic carbocycles. The molecule has 12 nitrogen and oxygen atoms in total. The van der Waals surface area contributed by atoms with Crippen LogP contribution in [0.25, 0.3) is 0 Å². The zero-order valence-electron chi connectivity index (χ0n) is 22.3. The molecule has 0 amide bonds. The van der Waals surface area contributed by atoms with Gasteiger partial charge in [-0.3, -0.25) is 0 Å². The van der Waals surface area contributed by atoms with E-state index < -0.39 is 55.0 Å². The second-order valence-electron chi connectivity index (χ2n) is 9.06. The molecule has 2 heterocycles. The lowest BCUT2D eigenvalue weighted by Crippen LogP contribution is -2.41. The topological polar surface area (TPSA) is 145 Å². The number of esters is 4. The minimum absolute atomic E-state index is 0.113. The van der Waals surface area contributed by atoms with Crippen LogP contribution >= 0.6 is 0 Å². The zero-order chi connectivity index (χ0) is 29.5. The summed E-state index contributed by atoms with van der Waals surface area (Å²) < 4.78 is 29.2. The summed E-state index contributed by atoms with van der Waals surface area (Å²) in [6.07, 6.45) is -3.95. The van der Waals surface area contributed by atoms with E-state index in [0.717, 1.165) is 10.9 Å². The van der Waals surface area contributed by atoms with E-state index in [9.17, 15) is 19.2 Å². The van der Waals surface area contributed by atoms with Gasteiger partial charge in [-0.05, 0) is 36.4 Å². The highest BCUT2D eigenvalue weighted by molar-refractivity contribution is 5.91. The van der Waals surface area contributed by atoms with Crippen molar-refractivity contribution >= 4 is 23.9 Å². The van der Waals surface area contributed by atoms with Crippen LogP contribution in [0, 0.1) is 0 Å². The van der Waals surface area contributed by atoms with Gasteiger partial charge < -0.3 is 23.7 Å². The summed E-state index contributed by atoms with van der Waals surface area (Å²) in [6, 6.07) is 24.6. The number of hydrogen-bond donors (Lipinski definition) is 0. The number of carbonyl (C=O) groups excluding carboxylic acids is 4. The lowest BCUT2D eigenvalue weighted by atomic mass is 10.1. The third-order valence-corrected chi connectivity index (χ3v) is 6.39. The van der Waals surface area contributed by atoms with Gasteiger partial charge >= 0.3 is 23.9 Å². The van der Waals surface area contributed by atoms with Gasteiger partial charge in [-0.2, -0.15) is 0 Å². The number of ether oxygens (including phenoxy) is 5. The van der Waals surface area contributed by atoms with Crippen molar-refractivity contribution in [3.63, 3.8) is 0 Å². The SMILES string of the molecule is COC(=O)c1cnnn1[C@@H]1O[C@H](COC(=O)c2ccccc2)[C@@H](OC(=O)c2ccccc2)[C@H]1OC(=O)c1ccccc1. The predicted molar refractivity (Wildman–Crippen MR) is 143 cm³/mol. The van der Waals surface area contributed by atoms with Crippen LogP contribution < -0.4 is 0 Å². The van der Waals surface area contributed by atoms with Gasteiger partial charge in [0.15, 0.2) is 24.1 Å². The van der Waals surface area contributed by atoms with E-state index in [1.165, 1.54) is 7.11 Å². The molecule has 1 aliphatic rings. The number of hydrogen-bond acceptors (Lipinski definition) is 11. The van der Waals surface area contributed by atoms with Crippen molar-refractivity contribution < 1.29 is 42.9 Å². The monoisotopic (exact) mass is 571 g/mol. The van der Waals surface area contributed by atoms with Gasteiger partial charge in [0.1, 0.15) is 12.7 Å². The van der Waals surface area contributed by atoms with Gasteiger partial charge in [0.05, 0.1) is 30.0 Å². The van der Waals surface area contributed by atoms with Crippen molar-refractivity contribution in [1.29, 1.82) is 0 Å². The van der Waals surface area contributed by atoms with Gasteiger partial charge in [0.25, 0.3) is 0 Å². The lowest BCUT2D eigenvalue weighted by molar-refractivity contribution is -0.0688. The van der Waals surface area contributed by atoms with Crippen LogP contribution in [-0.2, 0) is 23.7 Å². The molecule has 0 spiro atoms. The molecule has 0 saturated carbocycles. The Morgan fingerprint density at radius 1 is 0.714 bits per heavy atom. The lowest BCUT2D eigenvalue weighted by Gasteiger charge is -2.24. The van der Waals surface area contributed by atoms with Crippen LogP contribution in [0.15, 0.2) is 97.2 Å². The Morgan fingerprint density at radius 2 is 1.21 bits per heavy atom. The molecular formula is C30H25N3O9. The van der Waals surface area contributed by atoms with Gasteiger partial charge in [0.2, 0.25) is 0 Å². The zero-order valence-corrected chi connectivity index (χ0v) is 22.3. The highest BCUT2D eigenvalue weighted by atomic mass is 16.7. The maximum atomic E-state index is 13.2. The molecule has 0 bridgehead atoms. The third kappa shape index (κ3) is 6.18. The minimum Gasteiger partial charge on any atom is -0.464 e. The highest BCUT2D eigenvalue weighted by Gasteiger charge is 2.52. The Labute approximate surface area is 239 Å². The number of aromatic nitrogens is 3. The molecule has 5 rings (SSSR count). The van der Waals surface area contributed by atoms with Crippen LogP contribution in [-0.4, -0.2) is 70.9 Å². The summed E-state index contributed by atoms with van der Waals surface area (Å²) in [5.41, 5.74) is 0.625. The molecule has 42 heavy (non-hydrogen) atoms. The normalized spacial score (nSPS) is 19.5. The number of benzene rings is 3. The first-order valence-electron chi connectivity index (χ1n) is 12.8. The fourth-order valence-corrected chi connectivity index (χ4v) is 4.34. The van der Waals surface area contributed by atoms with E-state index in [-0.39, 0.29) is 16.8 Å². The minimum atomic E-state index is -1.35. The number of nitrogens with zero attached hydrogens (tertiary/aromatic N) is 3. The Kier molecular flexibility index (Phi) is 8.64. The fraction of sp³-hybridized carbons (Fsp3) is 0.200. The number of rotatable bonds is 9. The van der Waals surface area contributed by atoms with Crippen molar-refractivity contribution in [3.05, 3.63) is 120 Å². The summed E-state index contributed by atoms with van der Waals surface area (Å²) in [7, 11) is 1.18. The first-order valence-corrected chi connectivity index (χ1v) is 12.8. The van der Waals surface area contributed by atoms with Crippen molar-refractivity contribution in [1.82, 2.24) is 15.0 Å². The van der Waals surface area contributed by atoms with Gasteiger partial charge in [-0.25, -0.2) is 23.9 Å². The first kappa shape index (κ1) is 28.2. The van der Waals surface area contributed by atoms with Crippen LogP contribution in [0.5, 0.6) is 0 Å². The highest BCUT2D eigenvalue weighted by Crippen LogP contribution is 2.35. The smallest absolute Gasteiger partial charge is 0.358 e. The van der Waals surface area contributed by atoms with Gasteiger partial charge in [-0.15, -0.1) is 5.10 Å². The first-order chi connectivity index (χ1) is 20.5. The van der Waals surface area contributed by atoms with E-state index in [1.54, 1.807) is 91.0 Å². The number of methoxy groups -OCH3 is 1. The molecule has 12 heteroatoms. The predicted octanol–water partition coefficient (Wildman–Crippen LogP) is 3.27. The molecule has 1 saturated heterocycles. The summed E-state index contributed by atoms with van der Waals surface area (Å²) in [6.45, 7) is -0.390. The Morgan fingerprint density at radius 3 is 1.74 bits per heavy atom. The molecule has 1 aliphatic heterocycles. The van der Waals surface area contributed by atoms with E-state index in [0.29, 0.717) is 5.56 Å². The quantitative estimate of drug-likeness (QED) is 0.216. The summed E-state index contributed by atoms with van der Waals surface area (Å²) >= 11 is 0. The number of carbonyl (C=O) groups is 4. The van der Waals surface area contributed by atoms with E-state index in [4.69, 9.17) is 23.7 Å². The van der Waals surface area contributed by atoms with Gasteiger partial charge in [-0.1, -0.05) is 59.8 Å². The molecule has 214 valence electrons. The second kappa shape index (κ2) is 12.9. The average molecular weight is 572 g/mol. The Hall–Kier alpha value is -5.36. The fourth-order valence-electron chi connectivity index (χ4n) is 4.34. The van der Waals surface area contributed by atoms with Crippen LogP contribution in [0.3, 0.4) is 0 Å². The van der Waals surface area contributed by atoms with E-state index >= 15 is 0 Å². The molecule has 4 atom stereocenters. The summed E-state index contributed by atoms with van der Waals surface area (Å²) in [4.78, 5) is 51.6. The summed E-state index contributed by atoms with van der Waals surface area (Å²) in [5.74, 6) is -2.92. The largest absolute Gasteiger partial charge is 0.464 e. The molecule has 0 radical (unpaired) electrons. The van der Waals surface area contributed by atoms with Crippen LogP contribution in [0.4, 0.5) is 0 Å².